The van der Waals surface area contributed by atoms with Gasteiger partial charge in [-0.3, -0.25) is 0 Å². The zero-order valence-corrected chi connectivity index (χ0v) is 8.52. The molecule has 0 fully saturated rings. The molecule has 0 amide bonds. The predicted molar refractivity (Wildman–Crippen MR) is 58.3 cm³/mol. The normalized spacial score (nSPS) is 9.29. The zero-order valence-electron chi connectivity index (χ0n) is 7.76. The fraction of sp³-hybridized carbons (Fsp3) is 0.200. The molecule has 0 spiro atoms. The van der Waals surface area contributed by atoms with Crippen molar-refractivity contribution in [3.63, 3.8) is 0 Å². The molecule has 1 rings (SSSR count). The van der Waals surface area contributed by atoms with Crippen molar-refractivity contribution in [1.82, 2.24) is 5.32 Å². The summed E-state index contributed by atoms with van der Waals surface area (Å²) in [6.07, 6.45) is 0. The number of benzene rings is 1. The van der Waals surface area contributed by atoms with Gasteiger partial charge in [0, 0.05) is 5.02 Å². The van der Waals surface area contributed by atoms with Gasteiger partial charge in [0.25, 0.3) is 0 Å². The maximum Gasteiger partial charge on any atom is 0.154 e. The van der Waals surface area contributed by atoms with E-state index in [0.717, 1.165) is 0 Å². The first-order valence-corrected chi connectivity index (χ1v) is 4.44. The minimum absolute atomic E-state index is 0.0157. The molecule has 14 heavy (non-hydrogen) atoms. The van der Waals surface area contributed by atoms with E-state index in [1.165, 1.54) is 6.07 Å². The van der Waals surface area contributed by atoms with Gasteiger partial charge in [-0.05, 0) is 19.2 Å². The van der Waals surface area contributed by atoms with Crippen LogP contribution in [0.5, 0.6) is 5.75 Å². The highest BCUT2D eigenvalue weighted by molar-refractivity contribution is 6.31. The summed E-state index contributed by atoms with van der Waals surface area (Å²) in [4.78, 5) is 0. The molecule has 0 aliphatic heterocycles. The first kappa shape index (κ1) is 10.7. The van der Waals surface area contributed by atoms with Gasteiger partial charge in [-0.15, -0.1) is 0 Å². The van der Waals surface area contributed by atoms with Gasteiger partial charge in [-0.1, -0.05) is 23.4 Å². The Labute approximate surface area is 87.9 Å². The second-order valence-corrected chi connectivity index (χ2v) is 3.16. The first-order chi connectivity index (χ1) is 6.65. The number of rotatable bonds is 1. The Bertz CT molecular complexity index is 393. The summed E-state index contributed by atoms with van der Waals surface area (Å²) in [6, 6.07) is 3.07. The lowest BCUT2D eigenvalue weighted by Crippen LogP contribution is -2.04. The second kappa shape index (κ2) is 4.75. The van der Waals surface area contributed by atoms with Crippen LogP contribution in [0.3, 0.4) is 0 Å². The summed E-state index contributed by atoms with van der Waals surface area (Å²) < 4.78 is 0. The molecule has 0 saturated carbocycles. The third-order valence-corrected chi connectivity index (χ3v) is 1.81. The van der Waals surface area contributed by atoms with E-state index >= 15 is 0 Å². The van der Waals surface area contributed by atoms with E-state index in [0.29, 0.717) is 17.1 Å². The van der Waals surface area contributed by atoms with Gasteiger partial charge in [0.1, 0.15) is 0 Å². The molecule has 1 aromatic carbocycles. The standard InChI is InChI=1S/C10H11ClN2O/c1-13-4-2-3-7-5-8(11)6-9(12)10(7)14/h5-6,13-14H,4,12H2,1H3. The van der Waals surface area contributed by atoms with E-state index in [-0.39, 0.29) is 11.4 Å². The first-order valence-electron chi connectivity index (χ1n) is 4.06. The number of hydrogen-bond acceptors (Lipinski definition) is 3. The average Bonchev–Trinajstić information content (AvgIpc) is 2.13. The highest BCUT2D eigenvalue weighted by Crippen LogP contribution is 2.28. The molecule has 0 unspecified atom stereocenters. The molecule has 74 valence electrons. The Morgan fingerprint density at radius 3 is 2.93 bits per heavy atom. The Balaban J connectivity index is 3.04. The van der Waals surface area contributed by atoms with Crippen molar-refractivity contribution in [3.05, 3.63) is 22.7 Å². The smallest absolute Gasteiger partial charge is 0.154 e. The van der Waals surface area contributed by atoms with Crippen LogP contribution in [0.25, 0.3) is 0 Å². The molecular formula is C10H11ClN2O. The van der Waals surface area contributed by atoms with E-state index in [4.69, 9.17) is 17.3 Å². The highest BCUT2D eigenvalue weighted by atomic mass is 35.5. The number of hydrogen-bond donors (Lipinski definition) is 3. The summed E-state index contributed by atoms with van der Waals surface area (Å²) in [5.41, 5.74) is 6.20. The van der Waals surface area contributed by atoms with Crippen molar-refractivity contribution in [2.24, 2.45) is 0 Å². The van der Waals surface area contributed by atoms with Crippen LogP contribution in [0.2, 0.25) is 5.02 Å². The Kier molecular flexibility index (Phi) is 3.63. The SMILES string of the molecule is CNCC#Cc1cc(Cl)cc(N)c1O. The summed E-state index contributed by atoms with van der Waals surface area (Å²) in [6.45, 7) is 0.547. The Hall–Kier alpha value is -1.37. The third kappa shape index (κ3) is 2.56. The zero-order chi connectivity index (χ0) is 10.6. The van der Waals surface area contributed by atoms with Gasteiger partial charge >= 0.3 is 0 Å². The summed E-state index contributed by atoms with van der Waals surface area (Å²) in [7, 11) is 1.79. The number of nitrogens with two attached hydrogens (primary N) is 1. The van der Waals surface area contributed by atoms with Gasteiger partial charge in [0.2, 0.25) is 0 Å². The summed E-state index contributed by atoms with van der Waals surface area (Å²) in [5, 5.41) is 12.8. The summed E-state index contributed by atoms with van der Waals surface area (Å²) in [5.74, 6) is 5.56. The van der Waals surface area contributed by atoms with E-state index in [9.17, 15) is 5.11 Å². The largest absolute Gasteiger partial charge is 0.505 e. The number of nitrogens with one attached hydrogen (secondary N) is 1. The van der Waals surface area contributed by atoms with Crippen molar-refractivity contribution in [2.45, 2.75) is 0 Å². The average molecular weight is 211 g/mol. The number of anilines is 1. The van der Waals surface area contributed by atoms with Gasteiger partial charge in [-0.2, -0.15) is 0 Å². The fourth-order valence-corrected chi connectivity index (χ4v) is 1.17. The molecular weight excluding hydrogens is 200 g/mol. The van der Waals surface area contributed by atoms with Gasteiger partial charge < -0.3 is 16.2 Å². The minimum Gasteiger partial charge on any atom is -0.505 e. The maximum atomic E-state index is 9.51. The van der Waals surface area contributed by atoms with Crippen molar-refractivity contribution >= 4 is 17.3 Å². The van der Waals surface area contributed by atoms with Crippen LogP contribution in [0.1, 0.15) is 5.56 Å². The van der Waals surface area contributed by atoms with Crippen LogP contribution < -0.4 is 11.1 Å². The number of phenolic OH excluding ortho intramolecular Hbond substituents is 1. The molecule has 4 N–H and O–H groups in total. The molecule has 0 aliphatic carbocycles. The molecule has 0 saturated heterocycles. The predicted octanol–water partition coefficient (Wildman–Crippen LogP) is 1.20. The van der Waals surface area contributed by atoms with E-state index < -0.39 is 0 Å². The minimum atomic E-state index is -0.0157. The Morgan fingerprint density at radius 2 is 2.29 bits per heavy atom. The van der Waals surface area contributed by atoms with Crippen LogP contribution in [0, 0.1) is 11.8 Å². The summed E-state index contributed by atoms with van der Waals surface area (Å²) >= 11 is 5.76. The molecule has 1 aromatic rings. The molecule has 0 aromatic heterocycles. The van der Waals surface area contributed by atoms with Crippen LogP contribution in [0.4, 0.5) is 5.69 Å². The van der Waals surface area contributed by atoms with Gasteiger partial charge in [-0.25, -0.2) is 0 Å². The van der Waals surface area contributed by atoms with Crippen LogP contribution in [-0.2, 0) is 0 Å². The van der Waals surface area contributed by atoms with Crippen molar-refractivity contribution < 1.29 is 5.11 Å². The van der Waals surface area contributed by atoms with E-state index in [2.05, 4.69) is 17.2 Å². The van der Waals surface area contributed by atoms with Crippen molar-refractivity contribution in [1.29, 1.82) is 0 Å². The lowest BCUT2D eigenvalue weighted by Gasteiger charge is -2.01. The van der Waals surface area contributed by atoms with Crippen molar-refractivity contribution in [2.75, 3.05) is 19.3 Å². The van der Waals surface area contributed by atoms with Gasteiger partial charge in [0.05, 0.1) is 17.8 Å². The highest BCUT2D eigenvalue weighted by Gasteiger charge is 2.03. The molecule has 0 bridgehead atoms. The molecule has 0 atom stereocenters. The lowest BCUT2D eigenvalue weighted by atomic mass is 10.2. The maximum absolute atomic E-state index is 9.51. The third-order valence-electron chi connectivity index (χ3n) is 1.59. The van der Waals surface area contributed by atoms with Crippen LogP contribution >= 0.6 is 11.6 Å². The van der Waals surface area contributed by atoms with E-state index in [1.807, 2.05) is 0 Å². The lowest BCUT2D eigenvalue weighted by molar-refractivity contribution is 0.476. The monoisotopic (exact) mass is 210 g/mol. The molecule has 3 nitrogen and oxygen atoms in total. The number of phenols is 1. The quantitative estimate of drug-likeness (QED) is 0.371. The molecule has 4 heteroatoms. The van der Waals surface area contributed by atoms with Crippen LogP contribution in [-0.4, -0.2) is 18.7 Å². The van der Waals surface area contributed by atoms with Crippen molar-refractivity contribution in [3.8, 4) is 17.6 Å². The molecule has 0 aliphatic rings. The number of halogens is 1. The van der Waals surface area contributed by atoms with Gasteiger partial charge in [0.15, 0.2) is 5.75 Å². The molecule has 0 radical (unpaired) electrons. The number of nitrogen functional groups attached to an aromatic ring is 1. The number of aromatic hydroxyl groups is 1. The molecule has 0 heterocycles. The van der Waals surface area contributed by atoms with Crippen LogP contribution in [0.15, 0.2) is 12.1 Å². The Morgan fingerprint density at radius 1 is 1.57 bits per heavy atom. The topological polar surface area (TPSA) is 58.3 Å². The second-order valence-electron chi connectivity index (χ2n) is 2.72. The van der Waals surface area contributed by atoms with E-state index in [1.54, 1.807) is 13.1 Å². The fourth-order valence-electron chi connectivity index (χ4n) is 0.943.